The van der Waals surface area contributed by atoms with Crippen molar-refractivity contribution in [1.29, 1.82) is 0 Å². The van der Waals surface area contributed by atoms with Gasteiger partial charge < -0.3 is 5.11 Å². The molecule has 74 valence electrons. The molecule has 0 spiro atoms. The Morgan fingerprint density at radius 1 is 1.57 bits per heavy atom. The van der Waals surface area contributed by atoms with E-state index in [0.29, 0.717) is 11.1 Å². The summed E-state index contributed by atoms with van der Waals surface area (Å²) in [4.78, 5) is 10.2. The largest absolute Gasteiger partial charge is 0.478 e. The van der Waals surface area contributed by atoms with Gasteiger partial charge in [-0.05, 0) is 30.2 Å². The van der Waals surface area contributed by atoms with Crippen LogP contribution in [0.1, 0.15) is 11.1 Å². The molecule has 14 heavy (non-hydrogen) atoms. The Morgan fingerprint density at radius 3 is 2.79 bits per heavy atom. The summed E-state index contributed by atoms with van der Waals surface area (Å²) in [6.07, 6.45) is 2.36. The maximum atomic E-state index is 12.9. The fourth-order valence-corrected chi connectivity index (χ4v) is 1.18. The zero-order chi connectivity index (χ0) is 10.7. The van der Waals surface area contributed by atoms with Crippen LogP contribution >= 0.6 is 11.6 Å². The minimum absolute atomic E-state index is 0.0255. The Bertz CT molecular complexity index is 399. The highest BCUT2D eigenvalue weighted by molar-refractivity contribution is 6.31. The zero-order valence-corrected chi connectivity index (χ0v) is 8.18. The zero-order valence-electron chi connectivity index (χ0n) is 7.42. The van der Waals surface area contributed by atoms with E-state index in [4.69, 9.17) is 16.7 Å². The van der Waals surface area contributed by atoms with Crippen molar-refractivity contribution in [1.82, 2.24) is 0 Å². The molecule has 0 radical (unpaired) electrons. The lowest BCUT2D eigenvalue weighted by Crippen LogP contribution is -1.89. The van der Waals surface area contributed by atoms with Gasteiger partial charge in [0, 0.05) is 6.08 Å². The van der Waals surface area contributed by atoms with Crippen LogP contribution in [-0.2, 0) is 4.79 Å². The van der Waals surface area contributed by atoms with E-state index in [1.165, 1.54) is 18.2 Å². The van der Waals surface area contributed by atoms with Gasteiger partial charge in [0.1, 0.15) is 5.82 Å². The van der Waals surface area contributed by atoms with Crippen LogP contribution in [0.3, 0.4) is 0 Å². The maximum absolute atomic E-state index is 12.9. The third-order valence-corrected chi connectivity index (χ3v) is 2.25. The fraction of sp³-hybridized carbons (Fsp3) is 0.100. The Balaban J connectivity index is 3.12. The van der Waals surface area contributed by atoms with Gasteiger partial charge in [-0.1, -0.05) is 17.7 Å². The molecular formula is C10H8ClFO2. The molecule has 0 fully saturated rings. The molecule has 1 rings (SSSR count). The second kappa shape index (κ2) is 4.24. The van der Waals surface area contributed by atoms with E-state index in [1.54, 1.807) is 6.92 Å². The molecule has 0 heterocycles. The van der Waals surface area contributed by atoms with Gasteiger partial charge in [-0.25, -0.2) is 9.18 Å². The lowest BCUT2D eigenvalue weighted by Gasteiger charge is -2.03. The van der Waals surface area contributed by atoms with Crippen molar-refractivity contribution in [3.63, 3.8) is 0 Å². The molecule has 0 unspecified atom stereocenters. The van der Waals surface area contributed by atoms with Gasteiger partial charge in [0.05, 0.1) is 5.02 Å². The highest BCUT2D eigenvalue weighted by atomic mass is 35.5. The van der Waals surface area contributed by atoms with Crippen LogP contribution in [0, 0.1) is 12.7 Å². The van der Waals surface area contributed by atoms with E-state index in [9.17, 15) is 9.18 Å². The van der Waals surface area contributed by atoms with Gasteiger partial charge in [0.15, 0.2) is 0 Å². The van der Waals surface area contributed by atoms with Gasteiger partial charge in [0.2, 0.25) is 0 Å². The van der Waals surface area contributed by atoms with Crippen molar-refractivity contribution in [3.05, 3.63) is 40.2 Å². The van der Waals surface area contributed by atoms with Crippen molar-refractivity contribution in [3.8, 4) is 0 Å². The summed E-state index contributed by atoms with van der Waals surface area (Å²) in [6, 6.07) is 2.69. The number of hydrogen-bond donors (Lipinski definition) is 1. The molecule has 0 aliphatic carbocycles. The van der Waals surface area contributed by atoms with E-state index < -0.39 is 11.8 Å². The summed E-state index contributed by atoms with van der Waals surface area (Å²) >= 11 is 5.64. The number of rotatable bonds is 2. The molecule has 0 amide bonds. The number of aliphatic carboxylic acids is 1. The quantitative estimate of drug-likeness (QED) is 0.769. The second-order valence-corrected chi connectivity index (χ2v) is 3.13. The predicted octanol–water partition coefficient (Wildman–Crippen LogP) is 2.89. The third-order valence-electron chi connectivity index (χ3n) is 1.79. The number of carbonyl (C=O) groups is 1. The highest BCUT2D eigenvalue weighted by Crippen LogP contribution is 2.23. The summed E-state index contributed by atoms with van der Waals surface area (Å²) in [5.74, 6) is -1.55. The number of carboxylic acid groups (broad SMARTS) is 1. The molecule has 0 aliphatic rings. The van der Waals surface area contributed by atoms with Crippen molar-refractivity contribution in [2.24, 2.45) is 0 Å². The molecule has 0 aromatic heterocycles. The SMILES string of the molecule is Cc1c(/C=C/C(=O)O)ccc(F)c1Cl. The average Bonchev–Trinajstić information content (AvgIpc) is 2.13. The first-order chi connectivity index (χ1) is 6.52. The first-order valence-electron chi connectivity index (χ1n) is 3.88. The third kappa shape index (κ3) is 2.33. The lowest BCUT2D eigenvalue weighted by atomic mass is 10.1. The van der Waals surface area contributed by atoms with Crippen LogP contribution in [0.15, 0.2) is 18.2 Å². The first kappa shape index (κ1) is 10.7. The van der Waals surface area contributed by atoms with Crippen molar-refractivity contribution in [2.75, 3.05) is 0 Å². The highest BCUT2D eigenvalue weighted by Gasteiger charge is 2.05. The van der Waals surface area contributed by atoms with Crippen LogP contribution < -0.4 is 0 Å². The number of benzene rings is 1. The summed E-state index contributed by atoms with van der Waals surface area (Å²) < 4.78 is 12.9. The van der Waals surface area contributed by atoms with Gasteiger partial charge in [-0.3, -0.25) is 0 Å². The van der Waals surface area contributed by atoms with Gasteiger partial charge in [-0.2, -0.15) is 0 Å². The Hall–Kier alpha value is -1.35. The van der Waals surface area contributed by atoms with Crippen LogP contribution in [-0.4, -0.2) is 11.1 Å². The molecule has 0 aliphatic heterocycles. The standard InChI is InChI=1S/C10H8ClFO2/c1-6-7(3-5-9(13)14)2-4-8(12)10(6)11/h2-5H,1H3,(H,13,14)/b5-3+. The summed E-state index contributed by atoms with van der Waals surface area (Å²) in [7, 11) is 0. The van der Waals surface area contributed by atoms with Crippen LogP contribution in [0.5, 0.6) is 0 Å². The maximum Gasteiger partial charge on any atom is 0.328 e. The minimum Gasteiger partial charge on any atom is -0.478 e. The van der Waals surface area contributed by atoms with Crippen LogP contribution in [0.4, 0.5) is 4.39 Å². The average molecular weight is 215 g/mol. The molecule has 0 bridgehead atoms. The number of carboxylic acids is 1. The van der Waals surface area contributed by atoms with Gasteiger partial charge in [0.25, 0.3) is 0 Å². The van der Waals surface area contributed by atoms with E-state index in [2.05, 4.69) is 0 Å². The van der Waals surface area contributed by atoms with E-state index >= 15 is 0 Å². The molecular weight excluding hydrogens is 207 g/mol. The van der Waals surface area contributed by atoms with Gasteiger partial charge >= 0.3 is 5.97 Å². The van der Waals surface area contributed by atoms with Crippen molar-refractivity contribution >= 4 is 23.6 Å². The summed E-state index contributed by atoms with van der Waals surface area (Å²) in [5.41, 5.74) is 1.13. The smallest absolute Gasteiger partial charge is 0.328 e. The lowest BCUT2D eigenvalue weighted by molar-refractivity contribution is -0.131. The molecule has 1 aromatic rings. The normalized spacial score (nSPS) is 10.8. The molecule has 4 heteroatoms. The molecule has 1 N–H and O–H groups in total. The minimum atomic E-state index is -1.05. The van der Waals surface area contributed by atoms with Gasteiger partial charge in [-0.15, -0.1) is 0 Å². The second-order valence-electron chi connectivity index (χ2n) is 2.75. The summed E-state index contributed by atoms with van der Waals surface area (Å²) in [6.45, 7) is 1.63. The molecule has 0 saturated carbocycles. The first-order valence-corrected chi connectivity index (χ1v) is 4.26. The van der Waals surface area contributed by atoms with Crippen molar-refractivity contribution in [2.45, 2.75) is 6.92 Å². The van der Waals surface area contributed by atoms with Crippen LogP contribution in [0.25, 0.3) is 6.08 Å². The van der Waals surface area contributed by atoms with E-state index in [0.717, 1.165) is 6.08 Å². The topological polar surface area (TPSA) is 37.3 Å². The Morgan fingerprint density at radius 2 is 2.21 bits per heavy atom. The Kier molecular flexibility index (Phi) is 3.25. The van der Waals surface area contributed by atoms with E-state index in [-0.39, 0.29) is 5.02 Å². The van der Waals surface area contributed by atoms with Crippen LogP contribution in [0.2, 0.25) is 5.02 Å². The van der Waals surface area contributed by atoms with Crippen molar-refractivity contribution < 1.29 is 14.3 Å². The molecule has 0 saturated heterocycles. The Labute approximate surface area is 85.6 Å². The fourth-order valence-electron chi connectivity index (χ4n) is 1.01. The number of hydrogen-bond acceptors (Lipinski definition) is 1. The molecule has 2 nitrogen and oxygen atoms in total. The number of halogens is 2. The molecule has 0 atom stereocenters. The monoisotopic (exact) mass is 214 g/mol. The molecule has 1 aromatic carbocycles. The summed E-state index contributed by atoms with van der Waals surface area (Å²) in [5, 5.41) is 8.42. The predicted molar refractivity (Wildman–Crippen MR) is 52.8 cm³/mol. The van der Waals surface area contributed by atoms with E-state index in [1.807, 2.05) is 0 Å².